The number of hydrogen-bond donors (Lipinski definition) is 1. The van der Waals surface area contributed by atoms with E-state index in [4.69, 9.17) is 4.98 Å². The van der Waals surface area contributed by atoms with Crippen LogP contribution >= 0.6 is 22.7 Å². The fourth-order valence-electron chi connectivity index (χ4n) is 2.42. The molecular formula is C15H19N3S2. The lowest BCUT2D eigenvalue weighted by Crippen LogP contribution is -2.24. The van der Waals surface area contributed by atoms with Gasteiger partial charge >= 0.3 is 0 Å². The van der Waals surface area contributed by atoms with Gasteiger partial charge in [0.15, 0.2) is 4.96 Å². The Hall–Kier alpha value is -1.17. The summed E-state index contributed by atoms with van der Waals surface area (Å²) >= 11 is 3.47. The van der Waals surface area contributed by atoms with Crippen LogP contribution in [-0.2, 0) is 6.42 Å². The lowest BCUT2D eigenvalue weighted by atomic mass is 10.0. The lowest BCUT2D eigenvalue weighted by molar-refractivity contribution is 0.525. The summed E-state index contributed by atoms with van der Waals surface area (Å²) in [6.45, 7) is 5.44. The van der Waals surface area contributed by atoms with Crippen LogP contribution in [0.2, 0.25) is 0 Å². The highest BCUT2D eigenvalue weighted by atomic mass is 32.1. The first-order valence-corrected chi connectivity index (χ1v) is 8.77. The van der Waals surface area contributed by atoms with Crippen LogP contribution in [0.25, 0.3) is 4.96 Å². The zero-order chi connectivity index (χ0) is 13.9. The predicted molar refractivity (Wildman–Crippen MR) is 86.9 cm³/mol. The van der Waals surface area contributed by atoms with Crippen molar-refractivity contribution >= 4 is 27.6 Å². The summed E-state index contributed by atoms with van der Waals surface area (Å²) in [4.78, 5) is 5.78. The van der Waals surface area contributed by atoms with Gasteiger partial charge in [0, 0.05) is 30.2 Å². The highest BCUT2D eigenvalue weighted by Crippen LogP contribution is 2.25. The fourth-order valence-corrected chi connectivity index (χ4v) is 4.05. The van der Waals surface area contributed by atoms with Gasteiger partial charge in [-0.1, -0.05) is 6.92 Å². The number of rotatable bonds is 6. The van der Waals surface area contributed by atoms with Crippen molar-refractivity contribution < 1.29 is 0 Å². The quantitative estimate of drug-likeness (QED) is 0.744. The zero-order valence-corrected chi connectivity index (χ0v) is 13.4. The van der Waals surface area contributed by atoms with Crippen LogP contribution in [0.15, 0.2) is 28.5 Å². The van der Waals surface area contributed by atoms with Crippen molar-refractivity contribution in [3.05, 3.63) is 45.4 Å². The molecule has 0 saturated carbocycles. The number of nitrogens with one attached hydrogen (secondary N) is 1. The fraction of sp³-hybridized carbons (Fsp3) is 0.400. The molecule has 1 unspecified atom stereocenters. The van der Waals surface area contributed by atoms with Gasteiger partial charge in [-0.15, -0.1) is 11.3 Å². The van der Waals surface area contributed by atoms with Crippen molar-refractivity contribution in [3.8, 4) is 0 Å². The van der Waals surface area contributed by atoms with Gasteiger partial charge < -0.3 is 5.32 Å². The molecule has 1 atom stereocenters. The van der Waals surface area contributed by atoms with Gasteiger partial charge in [0.25, 0.3) is 0 Å². The van der Waals surface area contributed by atoms with Gasteiger partial charge in [-0.2, -0.15) is 11.3 Å². The molecular weight excluding hydrogens is 286 g/mol. The molecule has 20 heavy (non-hydrogen) atoms. The van der Waals surface area contributed by atoms with Crippen molar-refractivity contribution in [1.82, 2.24) is 14.7 Å². The molecule has 5 heteroatoms. The van der Waals surface area contributed by atoms with Crippen molar-refractivity contribution in [2.45, 2.75) is 32.7 Å². The minimum Gasteiger partial charge on any atom is -0.310 e. The van der Waals surface area contributed by atoms with Gasteiger partial charge in [-0.05, 0) is 41.8 Å². The molecule has 0 amide bonds. The molecule has 106 valence electrons. The molecule has 0 aliphatic rings. The number of aryl methyl sites for hydroxylation is 1. The van der Waals surface area contributed by atoms with Crippen LogP contribution in [0.1, 0.15) is 36.2 Å². The standard InChI is InChI=1S/C15H19N3S2/c1-3-4-16-14(13-10-19-9-11(13)2)7-12-8-18-5-6-20-15(18)17-12/h5-6,8-10,14,16H,3-4,7H2,1-2H3. The molecule has 0 radical (unpaired) electrons. The summed E-state index contributed by atoms with van der Waals surface area (Å²) in [5.74, 6) is 0. The van der Waals surface area contributed by atoms with Crippen LogP contribution in [-0.4, -0.2) is 15.9 Å². The Morgan fingerprint density at radius 1 is 1.40 bits per heavy atom. The maximum Gasteiger partial charge on any atom is 0.193 e. The first-order chi connectivity index (χ1) is 9.78. The van der Waals surface area contributed by atoms with E-state index in [1.807, 2.05) is 0 Å². The Bertz CT molecular complexity index is 651. The number of thiazole rings is 1. The molecule has 3 nitrogen and oxygen atoms in total. The van der Waals surface area contributed by atoms with Gasteiger partial charge in [0.1, 0.15) is 0 Å². The van der Waals surface area contributed by atoms with E-state index in [0.717, 1.165) is 30.0 Å². The molecule has 3 heterocycles. The Morgan fingerprint density at radius 2 is 2.30 bits per heavy atom. The molecule has 3 aromatic heterocycles. The maximum atomic E-state index is 4.71. The number of fused-ring (bicyclic) bond motifs is 1. The highest BCUT2D eigenvalue weighted by Gasteiger charge is 2.16. The van der Waals surface area contributed by atoms with Crippen LogP contribution in [0, 0.1) is 6.92 Å². The van der Waals surface area contributed by atoms with Gasteiger partial charge in [-0.3, -0.25) is 4.40 Å². The molecule has 0 fully saturated rings. The summed E-state index contributed by atoms with van der Waals surface area (Å²) in [5, 5.41) is 10.2. The van der Waals surface area contributed by atoms with E-state index in [2.05, 4.69) is 52.1 Å². The van der Waals surface area contributed by atoms with E-state index in [9.17, 15) is 0 Å². The van der Waals surface area contributed by atoms with E-state index < -0.39 is 0 Å². The summed E-state index contributed by atoms with van der Waals surface area (Å²) in [7, 11) is 0. The van der Waals surface area contributed by atoms with Crippen molar-refractivity contribution in [2.24, 2.45) is 0 Å². The SMILES string of the molecule is CCCNC(Cc1cn2ccsc2n1)c1cscc1C. The Kier molecular flexibility index (Phi) is 4.19. The van der Waals surface area contributed by atoms with Gasteiger partial charge in [0.2, 0.25) is 0 Å². The third-order valence-corrected chi connectivity index (χ3v) is 5.12. The van der Waals surface area contributed by atoms with E-state index in [-0.39, 0.29) is 0 Å². The van der Waals surface area contributed by atoms with Crippen molar-refractivity contribution in [2.75, 3.05) is 6.54 Å². The van der Waals surface area contributed by atoms with Crippen LogP contribution in [0.4, 0.5) is 0 Å². The van der Waals surface area contributed by atoms with Crippen LogP contribution in [0.5, 0.6) is 0 Å². The molecule has 3 rings (SSSR count). The van der Waals surface area contributed by atoms with Crippen molar-refractivity contribution in [1.29, 1.82) is 0 Å². The molecule has 3 aromatic rings. The number of thiophene rings is 1. The highest BCUT2D eigenvalue weighted by molar-refractivity contribution is 7.15. The molecule has 0 aliphatic heterocycles. The Morgan fingerprint density at radius 3 is 3.00 bits per heavy atom. The minimum absolute atomic E-state index is 0.366. The number of hydrogen-bond acceptors (Lipinski definition) is 4. The molecule has 0 saturated heterocycles. The predicted octanol–water partition coefficient (Wildman–Crippen LogP) is 4.05. The summed E-state index contributed by atoms with van der Waals surface area (Å²) < 4.78 is 2.11. The molecule has 0 spiro atoms. The minimum atomic E-state index is 0.366. The second-order valence-electron chi connectivity index (χ2n) is 5.05. The second-order valence-corrected chi connectivity index (χ2v) is 6.66. The second kappa shape index (κ2) is 6.08. The average molecular weight is 305 g/mol. The van der Waals surface area contributed by atoms with E-state index in [1.54, 1.807) is 22.7 Å². The topological polar surface area (TPSA) is 29.3 Å². The zero-order valence-electron chi connectivity index (χ0n) is 11.8. The largest absolute Gasteiger partial charge is 0.310 e. The van der Waals surface area contributed by atoms with Gasteiger partial charge in [0.05, 0.1) is 5.69 Å². The normalized spacial score (nSPS) is 13.1. The van der Waals surface area contributed by atoms with Crippen LogP contribution in [0.3, 0.4) is 0 Å². The third-order valence-electron chi connectivity index (χ3n) is 3.47. The summed E-state index contributed by atoms with van der Waals surface area (Å²) in [6, 6.07) is 0.366. The number of nitrogens with zero attached hydrogens (tertiary/aromatic N) is 2. The smallest absolute Gasteiger partial charge is 0.193 e. The number of imidazole rings is 1. The first kappa shape index (κ1) is 13.8. The molecule has 1 N–H and O–H groups in total. The Balaban J connectivity index is 1.82. The maximum absolute atomic E-state index is 4.71. The lowest BCUT2D eigenvalue weighted by Gasteiger charge is -2.17. The monoisotopic (exact) mass is 305 g/mol. The molecule has 0 aromatic carbocycles. The van der Waals surface area contributed by atoms with E-state index >= 15 is 0 Å². The first-order valence-electron chi connectivity index (χ1n) is 6.95. The van der Waals surface area contributed by atoms with Crippen molar-refractivity contribution in [3.63, 3.8) is 0 Å². The third kappa shape index (κ3) is 2.80. The van der Waals surface area contributed by atoms with Gasteiger partial charge in [-0.25, -0.2) is 4.98 Å². The molecule has 0 aliphatic carbocycles. The van der Waals surface area contributed by atoms with E-state index in [1.165, 1.54) is 11.1 Å². The summed E-state index contributed by atoms with van der Waals surface area (Å²) in [6.07, 6.45) is 6.32. The Labute approximate surface area is 127 Å². The summed E-state index contributed by atoms with van der Waals surface area (Å²) in [5.41, 5.74) is 3.96. The van der Waals surface area contributed by atoms with Crippen LogP contribution < -0.4 is 5.32 Å². The average Bonchev–Trinajstić information content (AvgIpc) is 3.10. The molecule has 0 bridgehead atoms. The van der Waals surface area contributed by atoms with E-state index in [0.29, 0.717) is 6.04 Å². The number of aromatic nitrogens is 2.